The Morgan fingerprint density at radius 3 is 2.36 bits per heavy atom. The maximum Gasteiger partial charge on any atom is -0.0282 e. The minimum atomic E-state index is 0. The Kier molecular flexibility index (Phi) is 5.06. The zero-order valence-electron chi connectivity index (χ0n) is 7.61. The molecule has 0 radical (unpaired) electrons. The van der Waals surface area contributed by atoms with Gasteiger partial charge in [-0.3, -0.25) is 0 Å². The summed E-state index contributed by atoms with van der Waals surface area (Å²) < 4.78 is 0. The second kappa shape index (κ2) is 4.96. The highest BCUT2D eigenvalue weighted by Crippen LogP contribution is 2.26. The molecule has 11 heavy (non-hydrogen) atoms. The topological polar surface area (TPSA) is 0 Å². The van der Waals surface area contributed by atoms with E-state index in [4.69, 9.17) is 0 Å². The molecule has 0 bridgehead atoms. The Morgan fingerprint density at radius 1 is 1.36 bits per heavy atom. The lowest BCUT2D eigenvalue weighted by Gasteiger charge is -2.15. The van der Waals surface area contributed by atoms with Gasteiger partial charge in [0, 0.05) is 0 Å². The van der Waals surface area contributed by atoms with Crippen LogP contribution in [0.1, 0.15) is 40.0 Å². The van der Waals surface area contributed by atoms with Crippen molar-refractivity contribution in [2.45, 2.75) is 40.0 Å². The van der Waals surface area contributed by atoms with Crippen molar-refractivity contribution in [3.05, 3.63) is 22.8 Å². The van der Waals surface area contributed by atoms with Crippen molar-refractivity contribution in [1.82, 2.24) is 0 Å². The van der Waals surface area contributed by atoms with Gasteiger partial charge in [0.1, 0.15) is 0 Å². The van der Waals surface area contributed by atoms with E-state index in [0.717, 1.165) is 0 Å². The lowest BCUT2D eigenvalue weighted by molar-refractivity contribution is 0.888. The summed E-state index contributed by atoms with van der Waals surface area (Å²) in [5.74, 6) is 0. The van der Waals surface area contributed by atoms with Gasteiger partial charge in [-0.05, 0) is 38.7 Å². The average molecular weight is 264 g/mol. The zero-order valence-corrected chi connectivity index (χ0v) is 9.94. The summed E-state index contributed by atoms with van der Waals surface area (Å²) >= 11 is 0. The van der Waals surface area contributed by atoms with Crippen molar-refractivity contribution in [2.24, 2.45) is 0 Å². The lowest BCUT2D eigenvalue weighted by atomic mass is 9.91. The van der Waals surface area contributed by atoms with E-state index in [0.29, 0.717) is 0 Å². The van der Waals surface area contributed by atoms with Crippen LogP contribution in [0.2, 0.25) is 0 Å². The van der Waals surface area contributed by atoms with Crippen LogP contribution in [-0.2, 0) is 0 Å². The van der Waals surface area contributed by atoms with Crippen LogP contribution in [0.3, 0.4) is 0 Å². The van der Waals surface area contributed by atoms with Crippen LogP contribution >= 0.6 is 24.0 Å². The molecule has 1 heteroatoms. The molecule has 0 aromatic heterocycles. The summed E-state index contributed by atoms with van der Waals surface area (Å²) in [5.41, 5.74) is 4.69. The van der Waals surface area contributed by atoms with E-state index < -0.39 is 0 Å². The fourth-order valence-electron chi connectivity index (χ4n) is 1.70. The van der Waals surface area contributed by atoms with Crippen molar-refractivity contribution in [2.75, 3.05) is 0 Å². The standard InChI is InChI=1S/C10H16.HI/c1-4-10-8(2)6-5-7-9(10)3;/h6H,4-5,7H2,1-3H3;1H. The predicted molar refractivity (Wildman–Crippen MR) is 61.4 cm³/mol. The minimum absolute atomic E-state index is 0. The molecule has 1 rings (SSSR count). The monoisotopic (exact) mass is 264 g/mol. The SMILES string of the molecule is CCC1=C(C)CCC=C1C.I. The Hall–Kier alpha value is 0.210. The van der Waals surface area contributed by atoms with E-state index in [-0.39, 0.29) is 24.0 Å². The second-order valence-electron chi connectivity index (χ2n) is 3.04. The minimum Gasteiger partial charge on any atom is -0.107 e. The molecule has 0 aliphatic heterocycles. The van der Waals surface area contributed by atoms with Gasteiger partial charge >= 0.3 is 0 Å². The van der Waals surface area contributed by atoms with Crippen LogP contribution in [0.4, 0.5) is 0 Å². The van der Waals surface area contributed by atoms with E-state index >= 15 is 0 Å². The first-order chi connectivity index (χ1) is 4.75. The summed E-state index contributed by atoms with van der Waals surface area (Å²) in [6.45, 7) is 6.72. The molecule has 0 fully saturated rings. The van der Waals surface area contributed by atoms with Crippen LogP contribution in [0, 0.1) is 0 Å². The lowest BCUT2D eigenvalue weighted by Crippen LogP contribution is -1.95. The zero-order chi connectivity index (χ0) is 7.56. The van der Waals surface area contributed by atoms with Crippen LogP contribution in [-0.4, -0.2) is 0 Å². The fourth-order valence-corrected chi connectivity index (χ4v) is 1.70. The first-order valence-corrected chi connectivity index (χ1v) is 4.11. The molecule has 0 heterocycles. The van der Waals surface area contributed by atoms with E-state index in [9.17, 15) is 0 Å². The molecular weight excluding hydrogens is 247 g/mol. The van der Waals surface area contributed by atoms with Crippen molar-refractivity contribution < 1.29 is 0 Å². The highest BCUT2D eigenvalue weighted by Gasteiger charge is 2.06. The predicted octanol–water partition coefficient (Wildman–Crippen LogP) is 4.07. The van der Waals surface area contributed by atoms with E-state index in [1.807, 2.05) is 0 Å². The molecule has 0 N–H and O–H groups in total. The number of hydrogen-bond donors (Lipinski definition) is 0. The molecule has 0 amide bonds. The molecular formula is C10H17I. The Bertz CT molecular complexity index is 187. The summed E-state index contributed by atoms with van der Waals surface area (Å²) in [6.07, 6.45) is 6.08. The quantitative estimate of drug-likeness (QED) is 0.626. The van der Waals surface area contributed by atoms with Gasteiger partial charge in [-0.1, -0.05) is 24.1 Å². The van der Waals surface area contributed by atoms with Gasteiger partial charge in [-0.15, -0.1) is 24.0 Å². The highest BCUT2D eigenvalue weighted by atomic mass is 127. The highest BCUT2D eigenvalue weighted by molar-refractivity contribution is 14.0. The average Bonchev–Trinajstić information content (AvgIpc) is 1.88. The van der Waals surface area contributed by atoms with Crippen LogP contribution in [0.15, 0.2) is 22.8 Å². The van der Waals surface area contributed by atoms with Crippen LogP contribution in [0.5, 0.6) is 0 Å². The fraction of sp³-hybridized carbons (Fsp3) is 0.600. The second-order valence-corrected chi connectivity index (χ2v) is 3.04. The molecule has 64 valence electrons. The van der Waals surface area contributed by atoms with Crippen LogP contribution < -0.4 is 0 Å². The summed E-state index contributed by atoms with van der Waals surface area (Å²) in [7, 11) is 0. The maximum absolute atomic E-state index is 2.35. The summed E-state index contributed by atoms with van der Waals surface area (Å²) in [5, 5.41) is 0. The normalized spacial score (nSPS) is 17.5. The number of allylic oxidation sites excluding steroid dienone is 4. The molecule has 0 atom stereocenters. The molecule has 1 aliphatic carbocycles. The van der Waals surface area contributed by atoms with E-state index in [2.05, 4.69) is 26.8 Å². The molecule has 0 unspecified atom stereocenters. The third kappa shape index (κ3) is 2.62. The van der Waals surface area contributed by atoms with Gasteiger partial charge in [-0.25, -0.2) is 0 Å². The molecule has 0 spiro atoms. The third-order valence-corrected chi connectivity index (χ3v) is 2.31. The number of rotatable bonds is 1. The van der Waals surface area contributed by atoms with Crippen molar-refractivity contribution in [3.63, 3.8) is 0 Å². The maximum atomic E-state index is 2.35. The van der Waals surface area contributed by atoms with Gasteiger partial charge in [0.25, 0.3) is 0 Å². The third-order valence-electron chi connectivity index (χ3n) is 2.31. The van der Waals surface area contributed by atoms with Gasteiger partial charge in [-0.2, -0.15) is 0 Å². The molecule has 0 nitrogen and oxygen atoms in total. The summed E-state index contributed by atoms with van der Waals surface area (Å²) in [4.78, 5) is 0. The largest absolute Gasteiger partial charge is 0.107 e. The van der Waals surface area contributed by atoms with E-state index in [1.165, 1.54) is 24.8 Å². The molecule has 1 aliphatic rings. The number of hydrogen-bond acceptors (Lipinski definition) is 0. The molecule has 0 aromatic carbocycles. The van der Waals surface area contributed by atoms with Gasteiger partial charge in [0.15, 0.2) is 0 Å². The molecule has 0 aromatic rings. The van der Waals surface area contributed by atoms with Gasteiger partial charge in [0.05, 0.1) is 0 Å². The van der Waals surface area contributed by atoms with Gasteiger partial charge < -0.3 is 0 Å². The van der Waals surface area contributed by atoms with Crippen molar-refractivity contribution >= 4 is 24.0 Å². The Balaban J connectivity index is 0.000001000. The Labute approximate surface area is 86.8 Å². The van der Waals surface area contributed by atoms with Gasteiger partial charge in [0.2, 0.25) is 0 Å². The van der Waals surface area contributed by atoms with Crippen molar-refractivity contribution in [3.8, 4) is 0 Å². The first-order valence-electron chi connectivity index (χ1n) is 4.11. The summed E-state index contributed by atoms with van der Waals surface area (Å²) in [6, 6.07) is 0. The molecule has 0 saturated heterocycles. The van der Waals surface area contributed by atoms with E-state index in [1.54, 1.807) is 11.1 Å². The molecule has 0 saturated carbocycles. The first kappa shape index (κ1) is 11.2. The van der Waals surface area contributed by atoms with Crippen molar-refractivity contribution in [1.29, 1.82) is 0 Å². The smallest absolute Gasteiger partial charge is 0.0282 e. The van der Waals surface area contributed by atoms with Crippen LogP contribution in [0.25, 0.3) is 0 Å². The Morgan fingerprint density at radius 2 is 2.00 bits per heavy atom. The number of halogens is 1.